The predicted octanol–water partition coefficient (Wildman–Crippen LogP) is -10.3. The van der Waals surface area contributed by atoms with Crippen LogP contribution in [0.15, 0.2) is 0 Å². The van der Waals surface area contributed by atoms with Crippen molar-refractivity contribution < 1.29 is 88.4 Å². The molecular formula is H3Al2I3O3. The molecule has 0 aromatic heterocycles. The summed E-state index contributed by atoms with van der Waals surface area (Å²) >= 11 is 0. The molecule has 0 rings (SSSR count). The zero-order valence-electron chi connectivity index (χ0n) is 3.63. The molecule has 0 aromatic carbocycles. The van der Waals surface area contributed by atoms with Gasteiger partial charge in [-0.3, -0.25) is 0 Å². The third-order valence-electron chi connectivity index (χ3n) is 0. The Bertz CT molecular complexity index is 12.5. The van der Waals surface area contributed by atoms with Gasteiger partial charge in [-0.1, -0.05) is 0 Å². The van der Waals surface area contributed by atoms with Crippen LogP contribution in [0.4, 0.5) is 0 Å². The van der Waals surface area contributed by atoms with Crippen molar-refractivity contribution in [2.75, 3.05) is 0 Å². The Kier molecular flexibility index (Phi) is 1250. The SMILES string of the molecule is [Al+3].[Al+3].[I-].[I-].[I-].[OH-].[OH-].[OH-]. The molecule has 3 nitrogen and oxygen atoms in total. The van der Waals surface area contributed by atoms with E-state index in [1.165, 1.54) is 0 Å². The van der Waals surface area contributed by atoms with Gasteiger partial charge in [-0.05, 0) is 0 Å². The first-order valence-corrected chi connectivity index (χ1v) is 0. The van der Waals surface area contributed by atoms with Crippen molar-refractivity contribution in [3.8, 4) is 0 Å². The van der Waals surface area contributed by atoms with Crippen LogP contribution in [0.2, 0.25) is 0 Å². The molecule has 0 heterocycles. The van der Waals surface area contributed by atoms with Crippen LogP contribution in [0, 0.1) is 0 Å². The van der Waals surface area contributed by atoms with Crippen molar-refractivity contribution in [3.63, 3.8) is 0 Å². The Hall–Kier alpha value is 3.13. The van der Waals surface area contributed by atoms with Crippen LogP contribution in [0.25, 0.3) is 0 Å². The number of hydrogen-bond acceptors (Lipinski definition) is 3. The summed E-state index contributed by atoms with van der Waals surface area (Å²) < 4.78 is 0. The van der Waals surface area contributed by atoms with Crippen molar-refractivity contribution in [2.24, 2.45) is 0 Å². The summed E-state index contributed by atoms with van der Waals surface area (Å²) in [7, 11) is 0. The second-order valence-corrected chi connectivity index (χ2v) is 0. The van der Waals surface area contributed by atoms with Crippen LogP contribution in [0.1, 0.15) is 0 Å². The summed E-state index contributed by atoms with van der Waals surface area (Å²) in [5, 5.41) is 0. The summed E-state index contributed by atoms with van der Waals surface area (Å²) in [5.41, 5.74) is 0. The van der Waals surface area contributed by atoms with Gasteiger partial charge in [0.1, 0.15) is 0 Å². The van der Waals surface area contributed by atoms with E-state index in [0.29, 0.717) is 0 Å². The van der Waals surface area contributed by atoms with E-state index < -0.39 is 0 Å². The molecule has 0 saturated heterocycles. The van der Waals surface area contributed by atoms with E-state index in [-0.39, 0.29) is 123 Å². The first-order chi connectivity index (χ1) is 0. The van der Waals surface area contributed by atoms with E-state index in [2.05, 4.69) is 0 Å². The van der Waals surface area contributed by atoms with Gasteiger partial charge in [-0.15, -0.1) is 0 Å². The fourth-order valence-electron chi connectivity index (χ4n) is 0. The van der Waals surface area contributed by atoms with E-state index >= 15 is 0 Å². The van der Waals surface area contributed by atoms with Crippen molar-refractivity contribution in [1.29, 1.82) is 0 Å². The minimum Gasteiger partial charge on any atom is -1.00 e. The maximum atomic E-state index is 0. The first kappa shape index (κ1) is 116. The van der Waals surface area contributed by atoms with Gasteiger partial charge in [-0.25, -0.2) is 0 Å². The Morgan fingerprint density at radius 2 is 0.375 bits per heavy atom. The maximum Gasteiger partial charge on any atom is 3.00 e. The minimum atomic E-state index is 0. The van der Waals surface area contributed by atoms with E-state index in [9.17, 15) is 0 Å². The average Bonchev–Trinajstić information content (AvgIpc) is 0. The molecule has 0 aliphatic rings. The van der Waals surface area contributed by atoms with E-state index in [1.807, 2.05) is 0 Å². The molecule has 0 radical (unpaired) electrons. The zero-order chi connectivity index (χ0) is 0. The standard InChI is InChI=1S/2Al.3HI.3H2O/h;;3*1H;3*1H2/q2*+3;;;;;;/p-6. The van der Waals surface area contributed by atoms with Gasteiger partial charge in [0.05, 0.1) is 0 Å². The molecule has 0 amide bonds. The summed E-state index contributed by atoms with van der Waals surface area (Å²) in [6.45, 7) is 0. The summed E-state index contributed by atoms with van der Waals surface area (Å²) in [6.07, 6.45) is 0. The average molecular weight is 486 g/mol. The predicted molar refractivity (Wildman–Crippen MR) is 17.3 cm³/mol. The largest absolute Gasteiger partial charge is 3.00 e. The molecule has 0 saturated carbocycles. The van der Waals surface area contributed by atoms with Gasteiger partial charge in [-0.2, -0.15) is 0 Å². The van der Waals surface area contributed by atoms with Crippen molar-refractivity contribution in [3.05, 3.63) is 0 Å². The third kappa shape index (κ3) is 61.5. The zero-order valence-corrected chi connectivity index (χ0v) is 12.4. The first-order valence-electron chi connectivity index (χ1n) is 0. The molecule has 3 N–H and O–H groups in total. The maximum absolute atomic E-state index is 0. The van der Waals surface area contributed by atoms with Crippen LogP contribution in [-0.4, -0.2) is 51.2 Å². The molecule has 48 valence electrons. The summed E-state index contributed by atoms with van der Waals surface area (Å²) in [4.78, 5) is 0. The van der Waals surface area contributed by atoms with Crippen molar-refractivity contribution in [2.45, 2.75) is 0 Å². The Balaban J connectivity index is 0. The molecule has 8 heavy (non-hydrogen) atoms. The Morgan fingerprint density at radius 1 is 0.375 bits per heavy atom. The molecule has 0 aromatic rings. The molecule has 0 fully saturated rings. The monoisotopic (exact) mass is 486 g/mol. The van der Waals surface area contributed by atoms with Crippen LogP contribution < -0.4 is 71.9 Å². The van der Waals surface area contributed by atoms with Gasteiger partial charge >= 0.3 is 34.7 Å². The fourth-order valence-corrected chi connectivity index (χ4v) is 0. The van der Waals surface area contributed by atoms with Gasteiger partial charge in [0, 0.05) is 0 Å². The summed E-state index contributed by atoms with van der Waals surface area (Å²) in [6, 6.07) is 0. The molecule has 0 spiro atoms. The van der Waals surface area contributed by atoms with Crippen LogP contribution in [-0.2, 0) is 0 Å². The molecule has 0 unspecified atom stereocenters. The van der Waals surface area contributed by atoms with E-state index in [0.717, 1.165) is 0 Å². The second-order valence-electron chi connectivity index (χ2n) is 0. The van der Waals surface area contributed by atoms with E-state index in [1.54, 1.807) is 0 Å². The molecule has 0 aliphatic carbocycles. The van der Waals surface area contributed by atoms with Gasteiger partial charge in [0.25, 0.3) is 0 Å². The van der Waals surface area contributed by atoms with Gasteiger partial charge in [0.2, 0.25) is 0 Å². The van der Waals surface area contributed by atoms with Crippen molar-refractivity contribution >= 4 is 34.7 Å². The molecule has 0 bridgehead atoms. The number of rotatable bonds is 0. The number of hydrogen-bond donors (Lipinski definition) is 0. The van der Waals surface area contributed by atoms with Gasteiger partial charge < -0.3 is 88.4 Å². The fraction of sp³-hybridized carbons (Fsp3) is 0. The van der Waals surface area contributed by atoms with E-state index in [4.69, 9.17) is 0 Å². The van der Waals surface area contributed by atoms with Crippen LogP contribution in [0.3, 0.4) is 0 Å². The van der Waals surface area contributed by atoms with Crippen molar-refractivity contribution in [1.82, 2.24) is 0 Å². The van der Waals surface area contributed by atoms with Crippen LogP contribution in [0.5, 0.6) is 0 Å². The quantitative estimate of drug-likeness (QED) is 0.252. The Labute approximate surface area is 121 Å². The van der Waals surface area contributed by atoms with Crippen LogP contribution >= 0.6 is 0 Å². The molecule has 8 heteroatoms. The normalized spacial score (nSPS) is 0. The molecule has 0 atom stereocenters. The molecule has 0 aliphatic heterocycles. The third-order valence-corrected chi connectivity index (χ3v) is 0. The summed E-state index contributed by atoms with van der Waals surface area (Å²) in [5.74, 6) is 0. The second kappa shape index (κ2) is 86.1. The smallest absolute Gasteiger partial charge is 1.00 e. The topological polar surface area (TPSA) is 90.0 Å². The number of halogens is 3. The molecular weight excluding hydrogens is 483 g/mol. The Morgan fingerprint density at radius 3 is 0.375 bits per heavy atom. The van der Waals surface area contributed by atoms with Gasteiger partial charge in [0.15, 0.2) is 0 Å². The minimum absolute atomic E-state index is 0.